The van der Waals surface area contributed by atoms with Crippen LogP contribution in [0.15, 0.2) is 48.5 Å². The van der Waals surface area contributed by atoms with Crippen LogP contribution >= 0.6 is 0 Å². The first-order chi connectivity index (χ1) is 16.9. The van der Waals surface area contributed by atoms with Gasteiger partial charge >= 0.3 is 12.1 Å². The van der Waals surface area contributed by atoms with Crippen LogP contribution in [0.4, 0.5) is 4.79 Å². The third-order valence-electron chi connectivity index (χ3n) is 6.99. The Morgan fingerprint density at radius 3 is 2.34 bits per heavy atom. The van der Waals surface area contributed by atoms with E-state index in [0.29, 0.717) is 25.9 Å². The van der Waals surface area contributed by atoms with Crippen LogP contribution in [-0.4, -0.2) is 55.5 Å². The van der Waals surface area contributed by atoms with Crippen LogP contribution in [-0.2, 0) is 19.1 Å². The maximum Gasteiger partial charge on any atom is 0.407 e. The number of rotatable bonds is 9. The van der Waals surface area contributed by atoms with E-state index in [2.05, 4.69) is 34.9 Å². The van der Waals surface area contributed by atoms with E-state index in [1.54, 1.807) is 0 Å². The van der Waals surface area contributed by atoms with Crippen molar-refractivity contribution in [1.29, 1.82) is 0 Å². The Hall–Kier alpha value is -3.39. The Labute approximate surface area is 205 Å². The molecule has 2 aliphatic rings. The van der Waals surface area contributed by atoms with Crippen LogP contribution in [0.1, 0.15) is 49.7 Å². The van der Waals surface area contributed by atoms with Gasteiger partial charge in [-0.2, -0.15) is 0 Å². The van der Waals surface area contributed by atoms with Gasteiger partial charge in [-0.25, -0.2) is 4.79 Å². The molecule has 1 fully saturated rings. The fourth-order valence-electron chi connectivity index (χ4n) is 4.90. The zero-order chi connectivity index (χ0) is 24.8. The number of alkyl carbamates (subject to hydrolysis) is 1. The van der Waals surface area contributed by atoms with Crippen molar-refractivity contribution in [2.45, 2.75) is 44.6 Å². The summed E-state index contributed by atoms with van der Waals surface area (Å²) >= 11 is 0. The molecule has 1 aliphatic carbocycles. The highest BCUT2D eigenvalue weighted by Gasteiger charge is 2.41. The van der Waals surface area contributed by atoms with Crippen LogP contribution in [0.25, 0.3) is 11.1 Å². The molecule has 0 radical (unpaired) electrons. The minimum atomic E-state index is -1.10. The largest absolute Gasteiger partial charge is 0.481 e. The first-order valence-electron chi connectivity index (χ1n) is 12.1. The van der Waals surface area contributed by atoms with Gasteiger partial charge < -0.3 is 25.2 Å². The molecule has 35 heavy (non-hydrogen) atoms. The highest BCUT2D eigenvalue weighted by molar-refractivity contribution is 5.81. The average Bonchev–Trinajstić information content (AvgIpc) is 3.20. The standard InChI is InChI=1S/C27H32N2O6/c1-2-18(14-24(30)28-16-27(25(31)32)12-7-13-34-17-27)29-26(33)35-15-23-21-10-5-3-8-19(21)20-9-4-6-11-22(20)23/h3-6,8-11,18,23H,2,7,12-17H2,1H3,(H,28,30)(H,29,33)(H,31,32)/t18-,27?/m0/s1. The molecule has 0 aromatic heterocycles. The number of ether oxygens (including phenoxy) is 2. The lowest BCUT2D eigenvalue weighted by Gasteiger charge is -2.33. The summed E-state index contributed by atoms with van der Waals surface area (Å²) in [4.78, 5) is 36.8. The molecule has 1 heterocycles. The van der Waals surface area contributed by atoms with Gasteiger partial charge in [-0.1, -0.05) is 55.5 Å². The number of hydrogen-bond donors (Lipinski definition) is 3. The van der Waals surface area contributed by atoms with E-state index < -0.39 is 23.5 Å². The molecule has 0 saturated carbocycles. The van der Waals surface area contributed by atoms with E-state index in [-0.39, 0.29) is 38.0 Å². The predicted octanol–water partition coefficient (Wildman–Crippen LogP) is 3.69. The summed E-state index contributed by atoms with van der Waals surface area (Å²) in [5.74, 6) is -1.33. The van der Waals surface area contributed by atoms with Crippen LogP contribution in [0.3, 0.4) is 0 Å². The number of carbonyl (C=O) groups is 3. The van der Waals surface area contributed by atoms with Gasteiger partial charge in [0, 0.05) is 31.5 Å². The van der Waals surface area contributed by atoms with E-state index in [9.17, 15) is 19.5 Å². The summed E-state index contributed by atoms with van der Waals surface area (Å²) in [6.07, 6.45) is 1.09. The van der Waals surface area contributed by atoms with Gasteiger partial charge in [0.2, 0.25) is 5.91 Å². The molecule has 1 unspecified atom stereocenters. The average molecular weight is 481 g/mol. The summed E-state index contributed by atoms with van der Waals surface area (Å²) < 4.78 is 10.9. The lowest BCUT2D eigenvalue weighted by atomic mass is 9.82. The second kappa shape index (κ2) is 10.9. The van der Waals surface area contributed by atoms with E-state index in [1.165, 1.54) is 0 Å². The molecule has 0 spiro atoms. The Balaban J connectivity index is 1.29. The quantitative estimate of drug-likeness (QED) is 0.504. The molecule has 1 aliphatic heterocycles. The number of hydrogen-bond acceptors (Lipinski definition) is 5. The van der Waals surface area contributed by atoms with Crippen LogP contribution in [0.5, 0.6) is 0 Å². The van der Waals surface area contributed by atoms with Crippen LogP contribution in [0, 0.1) is 5.41 Å². The maximum absolute atomic E-state index is 12.6. The molecule has 8 nitrogen and oxygen atoms in total. The number of amides is 2. The first kappa shape index (κ1) is 24.7. The highest BCUT2D eigenvalue weighted by atomic mass is 16.5. The zero-order valence-corrected chi connectivity index (χ0v) is 19.9. The smallest absolute Gasteiger partial charge is 0.407 e. The summed E-state index contributed by atoms with van der Waals surface area (Å²) in [5, 5.41) is 15.1. The monoisotopic (exact) mass is 480 g/mol. The van der Waals surface area contributed by atoms with Crippen molar-refractivity contribution < 1.29 is 29.0 Å². The highest BCUT2D eigenvalue weighted by Crippen LogP contribution is 2.44. The number of carboxylic acids is 1. The van der Waals surface area contributed by atoms with Gasteiger partial charge in [0.05, 0.1) is 6.61 Å². The second-order valence-corrected chi connectivity index (χ2v) is 9.30. The molecule has 8 heteroatoms. The van der Waals surface area contributed by atoms with Gasteiger partial charge in [0.25, 0.3) is 0 Å². The SMILES string of the molecule is CC[C@@H](CC(=O)NCC1(C(=O)O)CCCOC1)NC(=O)OCC1c2ccccc2-c2ccccc21. The summed E-state index contributed by atoms with van der Waals surface area (Å²) in [6, 6.07) is 15.8. The van der Waals surface area contributed by atoms with Gasteiger partial charge in [-0.05, 0) is 41.5 Å². The van der Waals surface area contributed by atoms with Crippen LogP contribution in [0.2, 0.25) is 0 Å². The third kappa shape index (κ3) is 5.48. The van der Waals surface area contributed by atoms with Crippen molar-refractivity contribution >= 4 is 18.0 Å². The fraction of sp³-hybridized carbons (Fsp3) is 0.444. The minimum Gasteiger partial charge on any atom is -0.481 e. The van der Waals surface area contributed by atoms with E-state index in [4.69, 9.17) is 9.47 Å². The third-order valence-corrected chi connectivity index (χ3v) is 6.99. The molecule has 2 amide bonds. The fourth-order valence-corrected chi connectivity index (χ4v) is 4.90. The van der Waals surface area contributed by atoms with Crippen molar-refractivity contribution in [1.82, 2.24) is 10.6 Å². The number of carbonyl (C=O) groups excluding carboxylic acids is 2. The lowest BCUT2D eigenvalue weighted by Crippen LogP contribution is -2.49. The molecule has 2 aromatic rings. The number of carboxylic acid groups (broad SMARTS) is 1. The second-order valence-electron chi connectivity index (χ2n) is 9.30. The van der Waals surface area contributed by atoms with E-state index >= 15 is 0 Å². The van der Waals surface area contributed by atoms with Gasteiger partial charge in [0.15, 0.2) is 0 Å². The van der Waals surface area contributed by atoms with E-state index in [1.807, 2.05) is 31.2 Å². The first-order valence-corrected chi connectivity index (χ1v) is 12.1. The van der Waals surface area contributed by atoms with Gasteiger partial charge in [-0.3, -0.25) is 9.59 Å². The predicted molar refractivity (Wildman–Crippen MR) is 130 cm³/mol. The van der Waals surface area contributed by atoms with E-state index in [0.717, 1.165) is 22.3 Å². The van der Waals surface area contributed by atoms with Crippen molar-refractivity contribution in [2.24, 2.45) is 5.41 Å². The number of nitrogens with one attached hydrogen (secondary N) is 2. The summed E-state index contributed by atoms with van der Waals surface area (Å²) in [6.45, 7) is 2.68. The Kier molecular flexibility index (Phi) is 7.70. The molecule has 3 N–H and O–H groups in total. The normalized spacial score (nSPS) is 19.8. The lowest BCUT2D eigenvalue weighted by molar-refractivity contribution is -0.157. The molecule has 4 rings (SSSR count). The van der Waals surface area contributed by atoms with Crippen molar-refractivity contribution in [2.75, 3.05) is 26.4 Å². The molecular weight excluding hydrogens is 448 g/mol. The van der Waals surface area contributed by atoms with Gasteiger partial charge in [-0.15, -0.1) is 0 Å². The Morgan fingerprint density at radius 2 is 1.77 bits per heavy atom. The molecule has 186 valence electrons. The molecular formula is C27H32N2O6. The molecule has 2 aromatic carbocycles. The van der Waals surface area contributed by atoms with Crippen molar-refractivity contribution in [3.63, 3.8) is 0 Å². The maximum atomic E-state index is 12.6. The number of benzene rings is 2. The number of fused-ring (bicyclic) bond motifs is 3. The molecule has 0 bridgehead atoms. The molecule has 2 atom stereocenters. The minimum absolute atomic E-state index is 0.00253. The molecule has 1 saturated heterocycles. The Bertz CT molecular complexity index is 1030. The zero-order valence-electron chi connectivity index (χ0n) is 19.9. The van der Waals surface area contributed by atoms with Crippen LogP contribution < -0.4 is 10.6 Å². The summed E-state index contributed by atoms with van der Waals surface area (Å²) in [7, 11) is 0. The summed E-state index contributed by atoms with van der Waals surface area (Å²) in [5.41, 5.74) is 3.47. The number of aliphatic carboxylic acids is 1. The van der Waals surface area contributed by atoms with Crippen molar-refractivity contribution in [3.05, 3.63) is 59.7 Å². The Morgan fingerprint density at radius 1 is 1.11 bits per heavy atom. The topological polar surface area (TPSA) is 114 Å². The van der Waals surface area contributed by atoms with Crippen molar-refractivity contribution in [3.8, 4) is 11.1 Å². The van der Waals surface area contributed by atoms with Gasteiger partial charge in [0.1, 0.15) is 12.0 Å².